The van der Waals surface area contributed by atoms with E-state index in [1.54, 1.807) is 0 Å². The molecule has 188 valence electrons. The topological polar surface area (TPSA) is 111 Å². The molecule has 0 bridgehead atoms. The third-order valence-corrected chi connectivity index (χ3v) is 7.94. The van der Waals surface area contributed by atoms with Crippen molar-refractivity contribution >= 4 is 34.5 Å². The minimum Gasteiger partial charge on any atom is -0.465 e. The Bertz CT molecular complexity index is 1140. The maximum atomic E-state index is 12.4. The molecule has 1 aromatic carbocycles. The normalized spacial score (nSPS) is 24.7. The Kier molecular flexibility index (Phi) is 6.39. The SMILES string of the molecule is C[C@H]1CN(C(=O)O)CCN1CC1CCN(c2ccc3c(C4CCC(=O)NC4=O)nn(C)c3c2)CC1. The van der Waals surface area contributed by atoms with Crippen molar-refractivity contribution in [3.05, 3.63) is 23.9 Å². The number of amides is 3. The van der Waals surface area contributed by atoms with Crippen LogP contribution in [-0.2, 0) is 16.6 Å². The number of anilines is 1. The van der Waals surface area contributed by atoms with Gasteiger partial charge in [0.25, 0.3) is 0 Å². The van der Waals surface area contributed by atoms with Gasteiger partial charge in [0.2, 0.25) is 11.8 Å². The number of piperidine rings is 2. The van der Waals surface area contributed by atoms with Crippen molar-refractivity contribution in [1.82, 2.24) is 24.9 Å². The molecule has 5 rings (SSSR count). The molecule has 1 aromatic heterocycles. The number of imide groups is 1. The van der Waals surface area contributed by atoms with Crippen LogP contribution in [-0.4, -0.2) is 87.9 Å². The number of piperazine rings is 1. The van der Waals surface area contributed by atoms with Gasteiger partial charge >= 0.3 is 6.09 Å². The molecule has 3 aliphatic heterocycles. The van der Waals surface area contributed by atoms with Gasteiger partial charge in [0.05, 0.1) is 17.1 Å². The lowest BCUT2D eigenvalue weighted by Gasteiger charge is -2.42. The lowest BCUT2D eigenvalue weighted by atomic mass is 9.92. The number of hydrogen-bond donors (Lipinski definition) is 2. The summed E-state index contributed by atoms with van der Waals surface area (Å²) in [4.78, 5) is 41.6. The number of rotatable bonds is 4. The van der Waals surface area contributed by atoms with Gasteiger partial charge < -0.3 is 14.9 Å². The van der Waals surface area contributed by atoms with Crippen molar-refractivity contribution < 1.29 is 19.5 Å². The summed E-state index contributed by atoms with van der Waals surface area (Å²) < 4.78 is 1.84. The van der Waals surface area contributed by atoms with Crippen LogP contribution < -0.4 is 10.2 Å². The van der Waals surface area contributed by atoms with Crippen molar-refractivity contribution in [3.63, 3.8) is 0 Å². The maximum absolute atomic E-state index is 12.4. The highest BCUT2D eigenvalue weighted by Crippen LogP contribution is 2.33. The molecule has 3 amide bonds. The molecule has 10 heteroatoms. The summed E-state index contributed by atoms with van der Waals surface area (Å²) in [6, 6.07) is 6.59. The molecular formula is C25H34N6O4. The first kappa shape index (κ1) is 23.6. The van der Waals surface area contributed by atoms with E-state index in [9.17, 15) is 19.5 Å². The standard InChI is InChI=1S/C25H34N6O4/c1-16-14-31(25(34)35)12-11-30(16)15-17-7-9-29(10-8-17)18-3-4-19-21(13-18)28(2)27-23(19)20-5-6-22(32)26-24(20)33/h3-4,13,16-17,20H,5-12,14-15H2,1-2H3,(H,34,35)(H,26,32,33)/t16-,20?/m0/s1. The average Bonchev–Trinajstić information content (AvgIpc) is 3.16. The van der Waals surface area contributed by atoms with E-state index in [1.165, 1.54) is 4.90 Å². The number of benzene rings is 1. The molecule has 3 aliphatic rings. The number of aromatic nitrogens is 2. The highest BCUT2D eigenvalue weighted by atomic mass is 16.4. The molecule has 2 aromatic rings. The lowest BCUT2D eigenvalue weighted by Crippen LogP contribution is -2.54. The van der Waals surface area contributed by atoms with Gasteiger partial charge in [0, 0.05) is 69.9 Å². The zero-order valence-electron chi connectivity index (χ0n) is 20.4. The molecule has 10 nitrogen and oxygen atoms in total. The van der Waals surface area contributed by atoms with Gasteiger partial charge in [-0.25, -0.2) is 4.79 Å². The molecule has 0 saturated carbocycles. The van der Waals surface area contributed by atoms with Gasteiger partial charge in [-0.2, -0.15) is 5.10 Å². The number of carboxylic acid groups (broad SMARTS) is 1. The van der Waals surface area contributed by atoms with Crippen LogP contribution >= 0.6 is 0 Å². The van der Waals surface area contributed by atoms with Crippen molar-refractivity contribution in [2.45, 2.75) is 44.6 Å². The molecule has 0 aliphatic carbocycles. The van der Waals surface area contributed by atoms with Gasteiger partial charge in [-0.1, -0.05) is 0 Å². The minimum atomic E-state index is -0.820. The quantitative estimate of drug-likeness (QED) is 0.641. The minimum absolute atomic E-state index is 0.214. The van der Waals surface area contributed by atoms with E-state index < -0.39 is 12.0 Å². The Balaban J connectivity index is 1.22. The summed E-state index contributed by atoms with van der Waals surface area (Å²) in [6.45, 7) is 7.09. The summed E-state index contributed by atoms with van der Waals surface area (Å²) in [5, 5.41) is 17.3. The van der Waals surface area contributed by atoms with Gasteiger partial charge in [-0.15, -0.1) is 0 Å². The molecule has 1 unspecified atom stereocenters. The summed E-state index contributed by atoms with van der Waals surface area (Å²) in [5.41, 5.74) is 2.90. The van der Waals surface area contributed by atoms with E-state index in [1.807, 2.05) is 11.7 Å². The summed E-state index contributed by atoms with van der Waals surface area (Å²) in [5.74, 6) is -0.248. The van der Waals surface area contributed by atoms with Crippen molar-refractivity contribution in [3.8, 4) is 0 Å². The largest absolute Gasteiger partial charge is 0.465 e. The fourth-order valence-corrected chi connectivity index (χ4v) is 5.83. The summed E-state index contributed by atoms with van der Waals surface area (Å²) in [6.07, 6.45) is 2.23. The Labute approximate surface area is 204 Å². The number of carbonyl (C=O) groups excluding carboxylic acids is 2. The second-order valence-electron chi connectivity index (χ2n) is 10.2. The van der Waals surface area contributed by atoms with Crippen LogP contribution in [0.25, 0.3) is 10.9 Å². The van der Waals surface area contributed by atoms with Gasteiger partial charge in [-0.05, 0) is 50.3 Å². The molecule has 35 heavy (non-hydrogen) atoms. The van der Waals surface area contributed by atoms with Crippen LogP contribution in [0.2, 0.25) is 0 Å². The Hall–Kier alpha value is -3.14. The highest BCUT2D eigenvalue weighted by Gasteiger charge is 2.32. The second-order valence-corrected chi connectivity index (χ2v) is 10.2. The van der Waals surface area contributed by atoms with Crippen LogP contribution in [0.5, 0.6) is 0 Å². The summed E-state index contributed by atoms with van der Waals surface area (Å²) in [7, 11) is 1.90. The first-order valence-corrected chi connectivity index (χ1v) is 12.6. The molecule has 0 spiro atoms. The number of nitrogens with zero attached hydrogens (tertiary/aromatic N) is 5. The summed E-state index contributed by atoms with van der Waals surface area (Å²) >= 11 is 0. The molecule has 4 heterocycles. The van der Waals surface area contributed by atoms with Crippen LogP contribution in [0.1, 0.15) is 44.2 Å². The lowest BCUT2D eigenvalue weighted by molar-refractivity contribution is -0.134. The first-order valence-electron chi connectivity index (χ1n) is 12.6. The molecular weight excluding hydrogens is 448 g/mol. The van der Waals surface area contributed by atoms with E-state index in [4.69, 9.17) is 0 Å². The number of aryl methyl sites for hydroxylation is 1. The van der Waals surface area contributed by atoms with Crippen molar-refractivity contribution in [1.29, 1.82) is 0 Å². The molecule has 2 N–H and O–H groups in total. The molecule has 3 saturated heterocycles. The zero-order valence-corrected chi connectivity index (χ0v) is 20.4. The van der Waals surface area contributed by atoms with Gasteiger partial charge in [-0.3, -0.25) is 24.5 Å². The van der Waals surface area contributed by atoms with E-state index >= 15 is 0 Å². The molecule has 2 atom stereocenters. The number of carbonyl (C=O) groups is 3. The van der Waals surface area contributed by atoms with Crippen LogP contribution in [0, 0.1) is 5.92 Å². The zero-order chi connectivity index (χ0) is 24.7. The predicted octanol–water partition coefficient (Wildman–Crippen LogP) is 1.99. The Morgan fingerprint density at radius 2 is 1.91 bits per heavy atom. The van der Waals surface area contributed by atoms with Crippen LogP contribution in [0.4, 0.5) is 10.5 Å². The Morgan fingerprint density at radius 1 is 1.14 bits per heavy atom. The van der Waals surface area contributed by atoms with Gasteiger partial charge in [0.1, 0.15) is 0 Å². The van der Waals surface area contributed by atoms with Gasteiger partial charge in [0.15, 0.2) is 0 Å². The van der Waals surface area contributed by atoms with Crippen LogP contribution in [0.15, 0.2) is 18.2 Å². The number of hydrogen-bond acceptors (Lipinski definition) is 6. The Morgan fingerprint density at radius 3 is 2.60 bits per heavy atom. The molecule has 3 fully saturated rings. The first-order chi connectivity index (χ1) is 16.8. The van der Waals surface area contributed by atoms with E-state index in [-0.39, 0.29) is 17.9 Å². The van der Waals surface area contributed by atoms with E-state index in [0.717, 1.165) is 61.3 Å². The highest BCUT2D eigenvalue weighted by molar-refractivity contribution is 6.02. The van der Waals surface area contributed by atoms with Crippen molar-refractivity contribution in [2.75, 3.05) is 44.2 Å². The van der Waals surface area contributed by atoms with E-state index in [0.29, 0.717) is 31.8 Å². The predicted molar refractivity (Wildman–Crippen MR) is 131 cm³/mol. The maximum Gasteiger partial charge on any atom is 0.407 e. The monoisotopic (exact) mass is 482 g/mol. The molecule has 0 radical (unpaired) electrons. The fourth-order valence-electron chi connectivity index (χ4n) is 5.83. The van der Waals surface area contributed by atoms with Crippen molar-refractivity contribution in [2.24, 2.45) is 13.0 Å². The van der Waals surface area contributed by atoms with Crippen LogP contribution in [0.3, 0.4) is 0 Å². The van der Waals surface area contributed by atoms with E-state index in [2.05, 4.69) is 45.3 Å². The third kappa shape index (κ3) is 4.71. The fraction of sp³-hybridized carbons (Fsp3) is 0.600. The number of fused-ring (bicyclic) bond motifs is 1. The third-order valence-electron chi connectivity index (χ3n) is 7.94. The average molecular weight is 483 g/mol. The smallest absolute Gasteiger partial charge is 0.407 e. The second kappa shape index (κ2) is 9.49. The number of nitrogens with one attached hydrogen (secondary N) is 1.